The third-order valence-electron chi connectivity index (χ3n) is 1.53. The van der Waals surface area contributed by atoms with Crippen LogP contribution in [0.2, 0.25) is 0 Å². The lowest BCUT2D eigenvalue weighted by molar-refractivity contribution is 0.533. The summed E-state index contributed by atoms with van der Waals surface area (Å²) in [6, 6.07) is 7.84. The molecule has 0 amide bonds. The third kappa shape index (κ3) is 2.50. The van der Waals surface area contributed by atoms with Gasteiger partial charge < -0.3 is 5.73 Å². The number of thioether (sulfide) groups is 1. The summed E-state index contributed by atoms with van der Waals surface area (Å²) < 4.78 is 11.9. The highest BCUT2D eigenvalue weighted by atomic mass is 32.2. The Morgan fingerprint density at radius 3 is 2.75 bits per heavy atom. The molecule has 66 valence electrons. The maximum Gasteiger partial charge on any atom is 0.0988 e. The van der Waals surface area contributed by atoms with E-state index in [0.717, 1.165) is 10.5 Å². The molecule has 0 saturated heterocycles. The van der Waals surface area contributed by atoms with Crippen molar-refractivity contribution in [2.24, 2.45) is 5.73 Å². The molecule has 0 atom stereocenters. The van der Waals surface area contributed by atoms with Gasteiger partial charge in [-0.3, -0.25) is 4.39 Å². The number of hydrogen-bond donors (Lipinski definition) is 1. The summed E-state index contributed by atoms with van der Waals surface area (Å²) in [7, 11) is 0. The van der Waals surface area contributed by atoms with Crippen molar-refractivity contribution in [1.82, 2.24) is 0 Å². The zero-order valence-electron chi connectivity index (χ0n) is 6.79. The molecule has 0 aliphatic carbocycles. The molecule has 0 heterocycles. The second kappa shape index (κ2) is 5.17. The predicted octanol–water partition coefficient (Wildman–Crippen LogP) is 2.21. The number of rotatable bonds is 4. The topological polar surface area (TPSA) is 26.0 Å². The fourth-order valence-electron chi connectivity index (χ4n) is 0.962. The second-order valence-corrected chi connectivity index (χ2v) is 3.49. The molecule has 0 fully saturated rings. The minimum absolute atomic E-state index is 0.288. The van der Waals surface area contributed by atoms with Gasteiger partial charge in [0.25, 0.3) is 0 Å². The van der Waals surface area contributed by atoms with Crippen molar-refractivity contribution in [1.29, 1.82) is 0 Å². The maximum atomic E-state index is 11.9. The largest absolute Gasteiger partial charge is 0.326 e. The molecule has 1 aromatic carbocycles. The Balaban J connectivity index is 2.68. The molecule has 1 nitrogen and oxygen atoms in total. The van der Waals surface area contributed by atoms with Gasteiger partial charge in [-0.05, 0) is 11.6 Å². The normalized spacial score (nSPS) is 10.2. The lowest BCUT2D eigenvalue weighted by Crippen LogP contribution is -1.98. The quantitative estimate of drug-likeness (QED) is 0.728. The molecule has 0 saturated carbocycles. The third-order valence-corrected chi connectivity index (χ3v) is 2.59. The Hall–Kier alpha value is -0.540. The van der Waals surface area contributed by atoms with E-state index in [0.29, 0.717) is 12.3 Å². The van der Waals surface area contributed by atoms with E-state index in [2.05, 4.69) is 0 Å². The molecule has 12 heavy (non-hydrogen) atoms. The van der Waals surface area contributed by atoms with Crippen LogP contribution in [0.4, 0.5) is 4.39 Å². The Morgan fingerprint density at radius 2 is 2.08 bits per heavy atom. The smallest absolute Gasteiger partial charge is 0.0988 e. The van der Waals surface area contributed by atoms with Crippen LogP contribution < -0.4 is 5.73 Å². The van der Waals surface area contributed by atoms with E-state index in [1.54, 1.807) is 0 Å². The van der Waals surface area contributed by atoms with Crippen LogP contribution in [-0.2, 0) is 6.54 Å². The summed E-state index contributed by atoms with van der Waals surface area (Å²) in [4.78, 5) is 1.10. The van der Waals surface area contributed by atoms with Gasteiger partial charge in [-0.25, -0.2) is 0 Å². The highest BCUT2D eigenvalue weighted by Gasteiger charge is 1.98. The first-order chi connectivity index (χ1) is 5.88. The summed E-state index contributed by atoms with van der Waals surface area (Å²) in [5.41, 5.74) is 6.61. The molecule has 0 unspecified atom stereocenters. The van der Waals surface area contributed by atoms with Crippen molar-refractivity contribution in [2.45, 2.75) is 11.4 Å². The van der Waals surface area contributed by atoms with E-state index in [9.17, 15) is 4.39 Å². The van der Waals surface area contributed by atoms with Crippen molar-refractivity contribution >= 4 is 11.8 Å². The van der Waals surface area contributed by atoms with Crippen molar-refractivity contribution in [3.63, 3.8) is 0 Å². The van der Waals surface area contributed by atoms with Crippen molar-refractivity contribution in [2.75, 3.05) is 12.4 Å². The minimum atomic E-state index is -0.288. The number of alkyl halides is 1. The van der Waals surface area contributed by atoms with E-state index in [1.165, 1.54) is 11.8 Å². The van der Waals surface area contributed by atoms with Crippen LogP contribution in [-0.4, -0.2) is 12.4 Å². The van der Waals surface area contributed by atoms with Crippen LogP contribution >= 0.6 is 11.8 Å². The molecular formula is C9H12FNS. The summed E-state index contributed by atoms with van der Waals surface area (Å²) in [5.74, 6) is 0.511. The van der Waals surface area contributed by atoms with Crippen LogP contribution in [0.15, 0.2) is 29.2 Å². The first-order valence-corrected chi connectivity index (χ1v) is 4.83. The summed E-state index contributed by atoms with van der Waals surface area (Å²) in [5, 5.41) is 0. The van der Waals surface area contributed by atoms with E-state index >= 15 is 0 Å². The molecule has 0 aromatic heterocycles. The average Bonchev–Trinajstić information content (AvgIpc) is 2.15. The van der Waals surface area contributed by atoms with E-state index in [1.807, 2.05) is 24.3 Å². The zero-order chi connectivity index (χ0) is 8.81. The van der Waals surface area contributed by atoms with Gasteiger partial charge in [0.1, 0.15) is 0 Å². The van der Waals surface area contributed by atoms with Crippen molar-refractivity contribution in [3.8, 4) is 0 Å². The molecule has 3 heteroatoms. The standard InChI is InChI=1S/C9H12FNS/c10-5-6-12-9-4-2-1-3-8(9)7-11/h1-4H,5-7,11H2. The lowest BCUT2D eigenvalue weighted by Gasteiger charge is -2.04. The van der Waals surface area contributed by atoms with Gasteiger partial charge in [0.05, 0.1) is 6.67 Å². The van der Waals surface area contributed by atoms with E-state index < -0.39 is 0 Å². The summed E-state index contributed by atoms with van der Waals surface area (Å²) in [6.07, 6.45) is 0. The predicted molar refractivity (Wildman–Crippen MR) is 51.0 cm³/mol. The molecule has 1 rings (SSSR count). The van der Waals surface area contributed by atoms with Crippen LogP contribution in [0.25, 0.3) is 0 Å². The van der Waals surface area contributed by atoms with Crippen LogP contribution in [0, 0.1) is 0 Å². The molecule has 1 aromatic rings. The number of nitrogens with two attached hydrogens (primary N) is 1. The first kappa shape index (κ1) is 9.55. The van der Waals surface area contributed by atoms with Crippen molar-refractivity contribution in [3.05, 3.63) is 29.8 Å². The highest BCUT2D eigenvalue weighted by molar-refractivity contribution is 7.99. The molecule has 0 aliphatic heterocycles. The fraction of sp³-hybridized carbons (Fsp3) is 0.333. The van der Waals surface area contributed by atoms with Gasteiger partial charge in [-0.1, -0.05) is 18.2 Å². The Morgan fingerprint density at radius 1 is 1.33 bits per heavy atom. The summed E-state index contributed by atoms with van der Waals surface area (Å²) >= 11 is 1.52. The van der Waals surface area contributed by atoms with Gasteiger partial charge in [0.15, 0.2) is 0 Å². The van der Waals surface area contributed by atoms with Crippen LogP contribution in [0.5, 0.6) is 0 Å². The van der Waals surface area contributed by atoms with Gasteiger partial charge >= 0.3 is 0 Å². The Labute approximate surface area is 76.2 Å². The molecular weight excluding hydrogens is 173 g/mol. The van der Waals surface area contributed by atoms with E-state index in [-0.39, 0.29) is 6.67 Å². The maximum absolute atomic E-state index is 11.9. The molecule has 0 spiro atoms. The van der Waals surface area contributed by atoms with Gasteiger partial charge in [0.2, 0.25) is 0 Å². The monoisotopic (exact) mass is 185 g/mol. The number of halogens is 1. The molecule has 0 aliphatic rings. The number of hydrogen-bond acceptors (Lipinski definition) is 2. The second-order valence-electron chi connectivity index (χ2n) is 2.35. The Bertz CT molecular complexity index is 240. The SMILES string of the molecule is NCc1ccccc1SCCF. The number of benzene rings is 1. The van der Waals surface area contributed by atoms with Gasteiger partial charge in [0, 0.05) is 17.2 Å². The molecule has 2 N–H and O–H groups in total. The molecule has 0 bridgehead atoms. The molecule has 0 radical (unpaired) electrons. The highest BCUT2D eigenvalue weighted by Crippen LogP contribution is 2.21. The fourth-order valence-corrected chi connectivity index (χ4v) is 1.77. The summed E-state index contributed by atoms with van der Waals surface area (Å²) in [6.45, 7) is 0.235. The van der Waals surface area contributed by atoms with Crippen LogP contribution in [0.1, 0.15) is 5.56 Å². The minimum Gasteiger partial charge on any atom is -0.326 e. The first-order valence-electron chi connectivity index (χ1n) is 3.85. The average molecular weight is 185 g/mol. The van der Waals surface area contributed by atoms with Gasteiger partial charge in [-0.15, -0.1) is 11.8 Å². The lowest BCUT2D eigenvalue weighted by atomic mass is 10.2. The van der Waals surface area contributed by atoms with E-state index in [4.69, 9.17) is 5.73 Å². The van der Waals surface area contributed by atoms with Gasteiger partial charge in [-0.2, -0.15) is 0 Å². The Kier molecular flexibility index (Phi) is 4.11. The van der Waals surface area contributed by atoms with Crippen molar-refractivity contribution < 1.29 is 4.39 Å². The zero-order valence-corrected chi connectivity index (χ0v) is 7.61. The van der Waals surface area contributed by atoms with Crippen LogP contribution in [0.3, 0.4) is 0 Å².